The van der Waals surface area contributed by atoms with E-state index >= 15 is 0 Å². The third-order valence-electron chi connectivity index (χ3n) is 6.73. The van der Waals surface area contributed by atoms with E-state index in [0.29, 0.717) is 0 Å². The van der Waals surface area contributed by atoms with Crippen molar-refractivity contribution in [1.29, 1.82) is 0 Å². The highest BCUT2D eigenvalue weighted by Crippen LogP contribution is 2.36. The summed E-state index contributed by atoms with van der Waals surface area (Å²) in [5.41, 5.74) is 12.4. The van der Waals surface area contributed by atoms with E-state index < -0.39 is 0 Å². The highest BCUT2D eigenvalue weighted by Gasteiger charge is 2.10. The highest BCUT2D eigenvalue weighted by molar-refractivity contribution is 7.13. The van der Waals surface area contributed by atoms with Gasteiger partial charge in [0.2, 0.25) is 0 Å². The number of benzene rings is 4. The molecule has 0 radical (unpaired) electrons. The first-order chi connectivity index (χ1) is 18.6. The zero-order valence-corrected chi connectivity index (χ0v) is 22.9. The maximum absolute atomic E-state index is 4.01. The lowest BCUT2D eigenvalue weighted by Gasteiger charge is -2.13. The van der Waals surface area contributed by atoms with Gasteiger partial charge in [0, 0.05) is 18.1 Å². The molecule has 0 aliphatic carbocycles. The van der Waals surface area contributed by atoms with Gasteiger partial charge in [-0.1, -0.05) is 78.9 Å². The number of rotatable bonds is 7. The summed E-state index contributed by atoms with van der Waals surface area (Å²) in [6, 6.07) is 37.5. The highest BCUT2D eigenvalue weighted by atomic mass is 32.1. The fourth-order valence-corrected chi connectivity index (χ4v) is 5.42. The number of aliphatic imine (C=N–C) groups is 1. The minimum atomic E-state index is 1.22. The van der Waals surface area contributed by atoms with E-state index in [9.17, 15) is 0 Å². The third kappa shape index (κ3) is 5.82. The topological polar surface area (TPSA) is 12.4 Å². The molecular weight excluding hydrogens is 478 g/mol. The molecule has 0 bridgehead atoms. The molecule has 4 aromatic carbocycles. The van der Waals surface area contributed by atoms with Gasteiger partial charge in [-0.25, -0.2) is 0 Å². The fourth-order valence-electron chi connectivity index (χ4n) is 4.71. The van der Waals surface area contributed by atoms with Gasteiger partial charge >= 0.3 is 0 Å². The molecule has 1 nitrogen and oxygen atoms in total. The summed E-state index contributed by atoms with van der Waals surface area (Å²) in [6.07, 6.45) is 7.95. The van der Waals surface area contributed by atoms with E-state index in [1.54, 1.807) is 24.6 Å². The van der Waals surface area contributed by atoms with Gasteiger partial charge in [-0.05, 0) is 117 Å². The standard InChI is InChI=1S/C36H31NS/c1-26(11-7-8-19-37-3)35-25-31(18-17-27(35)2)29-14-9-15-30(21-29)33-22-32(28-12-5-4-6-13-28)23-34(24-33)36-16-10-20-38-36/h4-25H,1-3H3/b8-7-,26-11+,37-19+. The Morgan fingerprint density at radius 1 is 0.632 bits per heavy atom. The quantitative estimate of drug-likeness (QED) is 0.153. The van der Waals surface area contributed by atoms with Crippen LogP contribution in [0.25, 0.3) is 49.4 Å². The molecule has 0 fully saturated rings. The zero-order chi connectivity index (χ0) is 26.3. The Morgan fingerprint density at radius 2 is 1.29 bits per heavy atom. The molecule has 1 heterocycles. The number of thiophene rings is 1. The van der Waals surface area contributed by atoms with Crippen molar-refractivity contribution < 1.29 is 0 Å². The molecule has 0 N–H and O–H groups in total. The summed E-state index contributed by atoms with van der Waals surface area (Å²) in [4.78, 5) is 5.29. The van der Waals surface area contributed by atoms with Gasteiger partial charge in [0.05, 0.1) is 0 Å². The maximum Gasteiger partial charge on any atom is 0.0343 e. The van der Waals surface area contributed by atoms with Gasteiger partial charge < -0.3 is 0 Å². The van der Waals surface area contributed by atoms with E-state index in [0.717, 1.165) is 0 Å². The summed E-state index contributed by atoms with van der Waals surface area (Å²) < 4.78 is 0. The number of aryl methyl sites for hydroxylation is 1. The van der Waals surface area contributed by atoms with Crippen LogP contribution in [-0.4, -0.2) is 13.3 Å². The molecular formula is C36H31NS. The van der Waals surface area contributed by atoms with Gasteiger partial charge in [-0.2, -0.15) is 0 Å². The van der Waals surface area contributed by atoms with E-state index in [1.165, 1.54) is 60.5 Å². The van der Waals surface area contributed by atoms with Crippen molar-refractivity contribution in [1.82, 2.24) is 0 Å². The summed E-state index contributed by atoms with van der Waals surface area (Å²) in [6.45, 7) is 4.34. The summed E-state index contributed by atoms with van der Waals surface area (Å²) >= 11 is 1.78. The van der Waals surface area contributed by atoms with Crippen LogP contribution in [0.2, 0.25) is 0 Å². The monoisotopic (exact) mass is 509 g/mol. The maximum atomic E-state index is 4.01. The molecule has 0 saturated heterocycles. The smallest absolute Gasteiger partial charge is 0.0343 e. The van der Waals surface area contributed by atoms with Gasteiger partial charge in [0.25, 0.3) is 0 Å². The lowest BCUT2D eigenvalue weighted by Crippen LogP contribution is -1.89. The molecule has 186 valence electrons. The van der Waals surface area contributed by atoms with Crippen molar-refractivity contribution in [2.75, 3.05) is 7.05 Å². The van der Waals surface area contributed by atoms with Crippen molar-refractivity contribution in [2.45, 2.75) is 13.8 Å². The van der Waals surface area contributed by atoms with Crippen molar-refractivity contribution in [2.24, 2.45) is 4.99 Å². The summed E-state index contributed by atoms with van der Waals surface area (Å²) in [5.74, 6) is 0. The van der Waals surface area contributed by atoms with Crippen LogP contribution < -0.4 is 0 Å². The first-order valence-electron chi connectivity index (χ1n) is 12.8. The Hall–Kier alpha value is -4.27. The van der Waals surface area contributed by atoms with E-state index in [4.69, 9.17) is 0 Å². The predicted octanol–water partition coefficient (Wildman–Crippen LogP) is 10.4. The fraction of sp³-hybridized carbons (Fsp3) is 0.0833. The van der Waals surface area contributed by atoms with Gasteiger partial charge in [-0.3, -0.25) is 4.99 Å². The van der Waals surface area contributed by atoms with Crippen molar-refractivity contribution in [3.05, 3.63) is 138 Å². The van der Waals surface area contributed by atoms with Crippen LogP contribution in [0.1, 0.15) is 18.1 Å². The number of nitrogens with zero attached hydrogens (tertiary/aromatic N) is 1. The number of hydrogen-bond acceptors (Lipinski definition) is 2. The van der Waals surface area contributed by atoms with Crippen molar-refractivity contribution in [3.8, 4) is 43.8 Å². The van der Waals surface area contributed by atoms with E-state index in [2.05, 4.69) is 133 Å². The molecule has 0 spiro atoms. The Kier molecular flexibility index (Phi) is 7.92. The molecule has 0 aliphatic rings. The Labute approximate surface area is 230 Å². The third-order valence-corrected chi connectivity index (χ3v) is 7.65. The molecule has 0 saturated carbocycles. The molecule has 0 atom stereocenters. The second-order valence-electron chi connectivity index (χ2n) is 9.39. The zero-order valence-electron chi connectivity index (χ0n) is 22.1. The lowest BCUT2D eigenvalue weighted by molar-refractivity contribution is 1.41. The predicted molar refractivity (Wildman–Crippen MR) is 168 cm³/mol. The molecule has 5 aromatic rings. The molecule has 5 rings (SSSR count). The second kappa shape index (κ2) is 11.9. The average molecular weight is 510 g/mol. The van der Waals surface area contributed by atoms with Crippen LogP contribution >= 0.6 is 11.3 Å². The van der Waals surface area contributed by atoms with Crippen LogP contribution in [-0.2, 0) is 0 Å². The minimum Gasteiger partial charge on any atom is -0.297 e. The van der Waals surface area contributed by atoms with Crippen molar-refractivity contribution in [3.63, 3.8) is 0 Å². The minimum absolute atomic E-state index is 1.22. The van der Waals surface area contributed by atoms with Crippen LogP contribution in [0.3, 0.4) is 0 Å². The number of hydrogen-bond donors (Lipinski definition) is 0. The number of allylic oxidation sites excluding steroid dienone is 4. The normalized spacial score (nSPS) is 12.0. The van der Waals surface area contributed by atoms with Crippen LogP contribution in [0.4, 0.5) is 0 Å². The molecule has 38 heavy (non-hydrogen) atoms. The molecule has 0 aliphatic heterocycles. The van der Waals surface area contributed by atoms with Gasteiger partial charge in [0.15, 0.2) is 0 Å². The Bertz CT molecular complexity index is 1620. The van der Waals surface area contributed by atoms with Crippen LogP contribution in [0, 0.1) is 6.92 Å². The SMILES string of the molecule is C/N=C/C=C\C=C(/C)c1cc(-c2cccc(-c3cc(-c4ccccc4)cc(-c4cccs4)c3)c2)ccc1C. The van der Waals surface area contributed by atoms with Gasteiger partial charge in [0.1, 0.15) is 0 Å². The molecule has 2 heteroatoms. The average Bonchev–Trinajstić information content (AvgIpc) is 3.51. The van der Waals surface area contributed by atoms with E-state index in [-0.39, 0.29) is 0 Å². The Balaban J connectivity index is 1.56. The Morgan fingerprint density at radius 3 is 2.03 bits per heavy atom. The summed E-state index contributed by atoms with van der Waals surface area (Å²) in [5, 5.41) is 2.14. The molecule has 0 unspecified atom stereocenters. The van der Waals surface area contributed by atoms with Crippen LogP contribution in [0.15, 0.2) is 132 Å². The molecule has 0 amide bonds. The lowest BCUT2D eigenvalue weighted by atomic mass is 9.92. The van der Waals surface area contributed by atoms with Crippen LogP contribution in [0.5, 0.6) is 0 Å². The molecule has 1 aromatic heterocycles. The van der Waals surface area contributed by atoms with Crippen molar-refractivity contribution >= 4 is 23.1 Å². The van der Waals surface area contributed by atoms with E-state index in [1.807, 2.05) is 12.2 Å². The van der Waals surface area contributed by atoms with Gasteiger partial charge in [-0.15, -0.1) is 11.3 Å². The first kappa shape index (κ1) is 25.4. The second-order valence-corrected chi connectivity index (χ2v) is 10.3. The summed E-state index contributed by atoms with van der Waals surface area (Å²) in [7, 11) is 1.78. The first-order valence-corrected chi connectivity index (χ1v) is 13.7. The largest absolute Gasteiger partial charge is 0.297 e.